The van der Waals surface area contributed by atoms with Crippen molar-refractivity contribution >= 4 is 28.2 Å². The molecule has 1 aromatic carbocycles. The number of carbonyl (C=O) groups excluding carboxylic acids is 2. The SMILES string of the molecule is C[C@@H](N[C@H](C)c1cccc(F)c1)C(=O)Nc1sccc1C(N)=O. The van der Waals surface area contributed by atoms with Crippen LogP contribution in [0.4, 0.5) is 9.39 Å². The molecule has 0 fully saturated rings. The number of rotatable bonds is 6. The molecule has 7 heteroatoms. The number of nitrogens with one attached hydrogen (secondary N) is 2. The summed E-state index contributed by atoms with van der Waals surface area (Å²) in [6, 6.07) is 7.03. The molecule has 2 aromatic rings. The van der Waals surface area contributed by atoms with Crippen molar-refractivity contribution in [3.05, 3.63) is 52.7 Å². The Labute approximate surface area is 137 Å². The molecule has 0 aliphatic carbocycles. The molecule has 2 rings (SSSR count). The third kappa shape index (κ3) is 4.37. The summed E-state index contributed by atoms with van der Waals surface area (Å²) in [6.45, 7) is 3.54. The second-order valence-electron chi connectivity index (χ2n) is 5.18. The van der Waals surface area contributed by atoms with E-state index in [-0.39, 0.29) is 23.3 Å². The lowest BCUT2D eigenvalue weighted by atomic mass is 10.1. The van der Waals surface area contributed by atoms with E-state index in [1.54, 1.807) is 30.5 Å². The van der Waals surface area contributed by atoms with Crippen molar-refractivity contribution in [1.82, 2.24) is 5.32 Å². The van der Waals surface area contributed by atoms with Gasteiger partial charge in [0.15, 0.2) is 0 Å². The summed E-state index contributed by atoms with van der Waals surface area (Å²) < 4.78 is 13.2. The van der Waals surface area contributed by atoms with Crippen molar-refractivity contribution < 1.29 is 14.0 Å². The molecule has 5 nitrogen and oxygen atoms in total. The predicted octanol–water partition coefficient (Wildman–Crippen LogP) is 2.66. The zero-order valence-electron chi connectivity index (χ0n) is 12.8. The first-order valence-electron chi connectivity index (χ1n) is 7.08. The van der Waals surface area contributed by atoms with Crippen molar-refractivity contribution in [3.63, 3.8) is 0 Å². The van der Waals surface area contributed by atoms with Gasteiger partial charge in [0.2, 0.25) is 5.91 Å². The van der Waals surface area contributed by atoms with Crippen LogP contribution in [0, 0.1) is 5.82 Å². The third-order valence-corrected chi connectivity index (χ3v) is 4.24. The van der Waals surface area contributed by atoms with Gasteiger partial charge in [0, 0.05) is 6.04 Å². The molecule has 0 aliphatic heterocycles. The minimum absolute atomic E-state index is 0.203. The monoisotopic (exact) mass is 335 g/mol. The minimum atomic E-state index is -0.588. The van der Waals surface area contributed by atoms with Gasteiger partial charge in [0.1, 0.15) is 10.8 Å². The van der Waals surface area contributed by atoms with E-state index in [0.29, 0.717) is 5.00 Å². The fraction of sp³-hybridized carbons (Fsp3) is 0.250. The van der Waals surface area contributed by atoms with Gasteiger partial charge in [-0.05, 0) is 43.0 Å². The van der Waals surface area contributed by atoms with Gasteiger partial charge in [-0.2, -0.15) is 0 Å². The summed E-state index contributed by atoms with van der Waals surface area (Å²) in [4.78, 5) is 23.5. The van der Waals surface area contributed by atoms with E-state index in [1.165, 1.54) is 23.5 Å². The van der Waals surface area contributed by atoms with Crippen molar-refractivity contribution in [2.45, 2.75) is 25.9 Å². The van der Waals surface area contributed by atoms with Crippen LogP contribution in [-0.2, 0) is 4.79 Å². The van der Waals surface area contributed by atoms with Crippen LogP contribution in [0.5, 0.6) is 0 Å². The van der Waals surface area contributed by atoms with E-state index in [9.17, 15) is 14.0 Å². The number of hydrogen-bond donors (Lipinski definition) is 3. The highest BCUT2D eigenvalue weighted by Gasteiger charge is 2.19. The second kappa shape index (κ2) is 7.34. The van der Waals surface area contributed by atoms with Gasteiger partial charge in [-0.15, -0.1) is 11.3 Å². The summed E-state index contributed by atoms with van der Waals surface area (Å²) in [5, 5.41) is 7.89. The van der Waals surface area contributed by atoms with E-state index in [2.05, 4.69) is 10.6 Å². The average molecular weight is 335 g/mol. The maximum absolute atomic E-state index is 13.2. The molecule has 23 heavy (non-hydrogen) atoms. The number of halogens is 1. The quantitative estimate of drug-likeness (QED) is 0.759. The van der Waals surface area contributed by atoms with Gasteiger partial charge in [-0.3, -0.25) is 14.9 Å². The van der Waals surface area contributed by atoms with E-state index in [1.807, 2.05) is 6.92 Å². The van der Waals surface area contributed by atoms with E-state index in [0.717, 1.165) is 5.56 Å². The molecule has 2 atom stereocenters. The van der Waals surface area contributed by atoms with Crippen LogP contribution in [0.3, 0.4) is 0 Å². The first-order valence-corrected chi connectivity index (χ1v) is 7.96. The molecule has 0 aliphatic rings. The molecule has 1 heterocycles. The Morgan fingerprint density at radius 3 is 2.65 bits per heavy atom. The number of primary amides is 1. The van der Waals surface area contributed by atoms with Crippen LogP contribution >= 0.6 is 11.3 Å². The number of nitrogens with two attached hydrogens (primary N) is 1. The summed E-state index contributed by atoms with van der Waals surface area (Å²) in [7, 11) is 0. The number of benzene rings is 1. The zero-order valence-corrected chi connectivity index (χ0v) is 13.6. The van der Waals surface area contributed by atoms with Gasteiger partial charge in [-0.25, -0.2) is 4.39 Å². The van der Waals surface area contributed by atoms with Crippen molar-refractivity contribution in [2.75, 3.05) is 5.32 Å². The molecule has 0 radical (unpaired) electrons. The smallest absolute Gasteiger partial charge is 0.251 e. The minimum Gasteiger partial charge on any atom is -0.366 e. The lowest BCUT2D eigenvalue weighted by molar-refractivity contribution is -0.117. The fourth-order valence-corrected chi connectivity index (χ4v) is 2.94. The molecule has 0 saturated heterocycles. The van der Waals surface area contributed by atoms with Gasteiger partial charge >= 0.3 is 0 Å². The van der Waals surface area contributed by atoms with Crippen LogP contribution in [0.15, 0.2) is 35.7 Å². The van der Waals surface area contributed by atoms with Crippen LogP contribution in [0.1, 0.15) is 35.8 Å². The maximum atomic E-state index is 13.2. The lowest BCUT2D eigenvalue weighted by Gasteiger charge is -2.20. The van der Waals surface area contributed by atoms with Crippen LogP contribution in [0.25, 0.3) is 0 Å². The third-order valence-electron chi connectivity index (χ3n) is 3.41. The highest BCUT2D eigenvalue weighted by Crippen LogP contribution is 2.23. The molecule has 2 amide bonds. The molecule has 0 saturated carbocycles. The van der Waals surface area contributed by atoms with E-state index >= 15 is 0 Å². The number of amides is 2. The summed E-state index contributed by atoms with van der Waals surface area (Å²) in [5.74, 6) is -1.20. The number of anilines is 1. The highest BCUT2D eigenvalue weighted by atomic mass is 32.1. The van der Waals surface area contributed by atoms with E-state index in [4.69, 9.17) is 5.73 Å². The Kier molecular flexibility index (Phi) is 5.46. The molecule has 1 aromatic heterocycles. The molecular formula is C16H18FN3O2S. The number of hydrogen-bond acceptors (Lipinski definition) is 4. The molecule has 0 bridgehead atoms. The zero-order chi connectivity index (χ0) is 17.0. The Hall–Kier alpha value is -2.25. The van der Waals surface area contributed by atoms with Gasteiger partial charge in [0.05, 0.1) is 11.6 Å². The molecule has 4 N–H and O–H groups in total. The molecule has 0 spiro atoms. The Morgan fingerprint density at radius 1 is 1.26 bits per heavy atom. The lowest BCUT2D eigenvalue weighted by Crippen LogP contribution is -2.39. The Bertz CT molecular complexity index is 717. The average Bonchev–Trinajstić information content (AvgIpc) is 2.95. The largest absolute Gasteiger partial charge is 0.366 e. The first kappa shape index (κ1) is 17.1. The molecule has 122 valence electrons. The van der Waals surface area contributed by atoms with Crippen LogP contribution < -0.4 is 16.4 Å². The van der Waals surface area contributed by atoms with Gasteiger partial charge < -0.3 is 11.1 Å². The van der Waals surface area contributed by atoms with Crippen molar-refractivity contribution in [1.29, 1.82) is 0 Å². The van der Waals surface area contributed by atoms with Crippen LogP contribution in [0.2, 0.25) is 0 Å². The van der Waals surface area contributed by atoms with E-state index < -0.39 is 11.9 Å². The number of thiophene rings is 1. The normalized spacial score (nSPS) is 13.3. The Balaban J connectivity index is 1.99. The van der Waals surface area contributed by atoms with Crippen LogP contribution in [-0.4, -0.2) is 17.9 Å². The predicted molar refractivity (Wildman–Crippen MR) is 88.9 cm³/mol. The summed E-state index contributed by atoms with van der Waals surface area (Å²) in [6.07, 6.45) is 0. The molecular weight excluding hydrogens is 317 g/mol. The number of carbonyl (C=O) groups is 2. The first-order chi connectivity index (χ1) is 10.9. The Morgan fingerprint density at radius 2 is 2.00 bits per heavy atom. The second-order valence-corrected chi connectivity index (χ2v) is 6.10. The van der Waals surface area contributed by atoms with Crippen molar-refractivity contribution in [2.24, 2.45) is 5.73 Å². The summed E-state index contributed by atoms with van der Waals surface area (Å²) in [5.41, 5.74) is 6.28. The van der Waals surface area contributed by atoms with Crippen molar-refractivity contribution in [3.8, 4) is 0 Å². The highest BCUT2D eigenvalue weighted by molar-refractivity contribution is 7.14. The van der Waals surface area contributed by atoms with Gasteiger partial charge in [0.25, 0.3) is 5.91 Å². The van der Waals surface area contributed by atoms with Gasteiger partial charge in [-0.1, -0.05) is 12.1 Å². The maximum Gasteiger partial charge on any atom is 0.251 e. The standard InChI is InChI=1S/C16H18FN3O2S/c1-9(11-4-3-5-12(17)8-11)19-10(2)15(22)20-16-13(14(18)21)6-7-23-16/h3-10,19H,1-2H3,(H2,18,21)(H,20,22)/t9-,10-/m1/s1. The molecule has 0 unspecified atom stereocenters. The fourth-order valence-electron chi connectivity index (χ4n) is 2.14. The summed E-state index contributed by atoms with van der Waals surface area (Å²) >= 11 is 1.23. The topological polar surface area (TPSA) is 84.2 Å².